The van der Waals surface area contributed by atoms with Crippen LogP contribution in [0.25, 0.3) is 0 Å². The lowest BCUT2D eigenvalue weighted by Gasteiger charge is -2.12. The molecule has 0 aromatic rings. The molecule has 0 aromatic heterocycles. The van der Waals surface area contributed by atoms with E-state index in [1.165, 1.54) is 0 Å². The first-order valence-electron chi connectivity index (χ1n) is 3.68. The summed E-state index contributed by atoms with van der Waals surface area (Å²) >= 11 is 0. The molecule has 0 heterocycles. The minimum absolute atomic E-state index is 0.560. The molecular weight excluding hydrogens is 128 g/mol. The molecule has 3 N–H and O–H groups in total. The normalized spacial score (nSPS) is 13.5. The van der Waals surface area contributed by atoms with Crippen LogP contribution in [0.3, 0.4) is 0 Å². The van der Waals surface area contributed by atoms with Crippen molar-refractivity contribution in [2.45, 2.75) is 6.42 Å². The van der Waals surface area contributed by atoms with Gasteiger partial charge in [0.25, 0.3) is 0 Å². The second kappa shape index (κ2) is 6.99. The van der Waals surface area contributed by atoms with E-state index in [0.717, 1.165) is 26.1 Å². The largest absolute Gasteiger partial charge is 0.385 e. The Morgan fingerprint density at radius 1 is 1.60 bits per heavy atom. The van der Waals surface area contributed by atoms with E-state index in [0.29, 0.717) is 5.92 Å². The van der Waals surface area contributed by atoms with Crippen LogP contribution in [0.1, 0.15) is 6.42 Å². The van der Waals surface area contributed by atoms with Crippen molar-refractivity contribution < 1.29 is 4.74 Å². The Kier molecular flexibility index (Phi) is 6.91. The molecule has 0 aliphatic rings. The SMILES string of the molecule is CNCC(CN)CCOC. The van der Waals surface area contributed by atoms with Crippen LogP contribution >= 0.6 is 0 Å². The van der Waals surface area contributed by atoms with Crippen molar-refractivity contribution in [3.63, 3.8) is 0 Å². The van der Waals surface area contributed by atoms with Gasteiger partial charge in [-0.2, -0.15) is 0 Å². The number of ether oxygens (including phenoxy) is 1. The third-order valence-electron chi connectivity index (χ3n) is 1.56. The van der Waals surface area contributed by atoms with E-state index in [-0.39, 0.29) is 0 Å². The van der Waals surface area contributed by atoms with Crippen LogP contribution in [-0.2, 0) is 4.74 Å². The summed E-state index contributed by atoms with van der Waals surface area (Å²) in [7, 11) is 3.66. The first kappa shape index (κ1) is 9.88. The average molecular weight is 146 g/mol. The van der Waals surface area contributed by atoms with E-state index in [9.17, 15) is 0 Å². The highest BCUT2D eigenvalue weighted by Crippen LogP contribution is 1.98. The fraction of sp³-hybridized carbons (Fsp3) is 1.00. The van der Waals surface area contributed by atoms with Gasteiger partial charge in [0.15, 0.2) is 0 Å². The standard InChI is InChI=1S/C7H18N2O/c1-9-6-7(5-8)3-4-10-2/h7,9H,3-6,8H2,1-2H3. The maximum Gasteiger partial charge on any atom is 0.0465 e. The molecule has 0 aromatic carbocycles. The Morgan fingerprint density at radius 2 is 2.30 bits per heavy atom. The van der Waals surface area contributed by atoms with E-state index < -0.39 is 0 Å². The van der Waals surface area contributed by atoms with E-state index >= 15 is 0 Å². The van der Waals surface area contributed by atoms with Gasteiger partial charge in [0, 0.05) is 13.7 Å². The second-order valence-corrected chi connectivity index (χ2v) is 2.44. The van der Waals surface area contributed by atoms with Gasteiger partial charge in [-0.05, 0) is 32.5 Å². The lowest BCUT2D eigenvalue weighted by atomic mass is 10.1. The van der Waals surface area contributed by atoms with Crippen molar-refractivity contribution >= 4 is 0 Å². The summed E-state index contributed by atoms with van der Waals surface area (Å²) in [5.41, 5.74) is 5.50. The summed E-state index contributed by atoms with van der Waals surface area (Å²) in [6, 6.07) is 0. The zero-order chi connectivity index (χ0) is 7.82. The van der Waals surface area contributed by atoms with Gasteiger partial charge >= 0.3 is 0 Å². The molecule has 3 nitrogen and oxygen atoms in total. The van der Waals surface area contributed by atoms with Crippen molar-refractivity contribution in [2.24, 2.45) is 11.7 Å². The second-order valence-electron chi connectivity index (χ2n) is 2.44. The molecule has 10 heavy (non-hydrogen) atoms. The molecule has 1 atom stereocenters. The van der Waals surface area contributed by atoms with Crippen molar-refractivity contribution in [3.05, 3.63) is 0 Å². The highest BCUT2D eigenvalue weighted by atomic mass is 16.5. The summed E-state index contributed by atoms with van der Waals surface area (Å²) in [5.74, 6) is 0.560. The monoisotopic (exact) mass is 146 g/mol. The topological polar surface area (TPSA) is 47.3 Å². The molecule has 0 radical (unpaired) electrons. The molecule has 0 aliphatic carbocycles. The Balaban J connectivity index is 3.21. The molecule has 1 unspecified atom stereocenters. The molecule has 0 amide bonds. The zero-order valence-electron chi connectivity index (χ0n) is 6.89. The molecule has 0 bridgehead atoms. The van der Waals surface area contributed by atoms with Gasteiger partial charge in [-0.25, -0.2) is 0 Å². The number of hydrogen-bond acceptors (Lipinski definition) is 3. The minimum Gasteiger partial charge on any atom is -0.385 e. The fourth-order valence-corrected chi connectivity index (χ4v) is 0.876. The van der Waals surface area contributed by atoms with Crippen LogP contribution in [0.2, 0.25) is 0 Å². The summed E-state index contributed by atoms with van der Waals surface area (Å²) in [5, 5.41) is 3.09. The van der Waals surface area contributed by atoms with Gasteiger partial charge in [0.2, 0.25) is 0 Å². The Hall–Kier alpha value is -0.120. The summed E-state index contributed by atoms with van der Waals surface area (Å²) in [6.07, 6.45) is 1.05. The van der Waals surface area contributed by atoms with Crippen molar-refractivity contribution in [1.82, 2.24) is 5.32 Å². The predicted molar refractivity (Wildman–Crippen MR) is 43.0 cm³/mol. The van der Waals surface area contributed by atoms with Gasteiger partial charge in [-0.15, -0.1) is 0 Å². The molecule has 0 aliphatic heterocycles. The average Bonchev–Trinajstić information content (AvgIpc) is 1.98. The van der Waals surface area contributed by atoms with Crippen molar-refractivity contribution in [3.8, 4) is 0 Å². The first-order chi connectivity index (χ1) is 4.85. The minimum atomic E-state index is 0.560. The first-order valence-corrected chi connectivity index (χ1v) is 3.68. The van der Waals surface area contributed by atoms with E-state index in [1.54, 1.807) is 7.11 Å². The maximum absolute atomic E-state index is 5.50. The number of nitrogens with one attached hydrogen (secondary N) is 1. The molecule has 0 rings (SSSR count). The van der Waals surface area contributed by atoms with Crippen LogP contribution in [0.15, 0.2) is 0 Å². The molecule has 0 saturated heterocycles. The third kappa shape index (κ3) is 4.73. The lowest BCUT2D eigenvalue weighted by molar-refractivity contribution is 0.178. The zero-order valence-corrected chi connectivity index (χ0v) is 6.89. The fourth-order valence-electron chi connectivity index (χ4n) is 0.876. The lowest BCUT2D eigenvalue weighted by Crippen LogP contribution is -2.26. The Bertz CT molecular complexity index is 68.6. The summed E-state index contributed by atoms with van der Waals surface area (Å²) in [4.78, 5) is 0. The molecule has 0 fully saturated rings. The summed E-state index contributed by atoms with van der Waals surface area (Å²) in [6.45, 7) is 2.54. The summed E-state index contributed by atoms with van der Waals surface area (Å²) < 4.78 is 4.94. The number of hydrogen-bond donors (Lipinski definition) is 2. The Morgan fingerprint density at radius 3 is 2.70 bits per heavy atom. The molecule has 0 spiro atoms. The van der Waals surface area contributed by atoms with Crippen molar-refractivity contribution in [1.29, 1.82) is 0 Å². The maximum atomic E-state index is 5.50. The van der Waals surface area contributed by atoms with Crippen LogP contribution in [-0.4, -0.2) is 33.9 Å². The van der Waals surface area contributed by atoms with Crippen LogP contribution in [0.5, 0.6) is 0 Å². The number of rotatable bonds is 6. The van der Waals surface area contributed by atoms with E-state index in [2.05, 4.69) is 5.32 Å². The number of nitrogens with two attached hydrogens (primary N) is 1. The van der Waals surface area contributed by atoms with Crippen LogP contribution < -0.4 is 11.1 Å². The smallest absolute Gasteiger partial charge is 0.0465 e. The number of methoxy groups -OCH3 is 1. The third-order valence-corrected chi connectivity index (χ3v) is 1.56. The van der Waals surface area contributed by atoms with Gasteiger partial charge in [-0.1, -0.05) is 0 Å². The van der Waals surface area contributed by atoms with Crippen LogP contribution in [0, 0.1) is 5.92 Å². The molecule has 3 heteroatoms. The van der Waals surface area contributed by atoms with Gasteiger partial charge in [0.05, 0.1) is 0 Å². The van der Waals surface area contributed by atoms with E-state index in [4.69, 9.17) is 10.5 Å². The highest BCUT2D eigenvalue weighted by molar-refractivity contribution is 4.60. The molecule has 0 saturated carbocycles. The van der Waals surface area contributed by atoms with Crippen LogP contribution in [0.4, 0.5) is 0 Å². The van der Waals surface area contributed by atoms with Gasteiger partial charge in [-0.3, -0.25) is 0 Å². The Labute approximate surface area is 62.9 Å². The molecule has 62 valence electrons. The van der Waals surface area contributed by atoms with Gasteiger partial charge < -0.3 is 15.8 Å². The van der Waals surface area contributed by atoms with Gasteiger partial charge in [0.1, 0.15) is 0 Å². The predicted octanol–water partition coefficient (Wildman–Crippen LogP) is -0.183. The van der Waals surface area contributed by atoms with Crippen molar-refractivity contribution in [2.75, 3.05) is 33.9 Å². The quantitative estimate of drug-likeness (QED) is 0.546. The molecular formula is C7H18N2O. The highest BCUT2D eigenvalue weighted by Gasteiger charge is 2.03. The van der Waals surface area contributed by atoms with E-state index in [1.807, 2.05) is 7.05 Å².